The minimum atomic E-state index is -0.543. The lowest BCUT2D eigenvalue weighted by Crippen LogP contribution is -2.35. The number of hydrogen-bond donors (Lipinski definition) is 1. The highest BCUT2D eigenvalue weighted by atomic mass is 32.2. The van der Waals surface area contributed by atoms with E-state index in [1.165, 1.54) is 17.8 Å². The minimum absolute atomic E-state index is 0.302. The van der Waals surface area contributed by atoms with Gasteiger partial charge in [0.25, 0.3) is 0 Å². The normalized spacial score (nSPS) is 15.8. The second kappa shape index (κ2) is 11.0. The van der Waals surface area contributed by atoms with Crippen molar-refractivity contribution in [3.63, 3.8) is 0 Å². The highest BCUT2D eigenvalue weighted by Gasteiger charge is 2.35. The Morgan fingerprint density at radius 2 is 1.82 bits per heavy atom. The molecule has 34 heavy (non-hydrogen) atoms. The van der Waals surface area contributed by atoms with Crippen molar-refractivity contribution in [2.75, 3.05) is 20.3 Å². The monoisotopic (exact) mass is 481 g/mol. The van der Waals surface area contributed by atoms with Gasteiger partial charge in [-0.25, -0.2) is 4.39 Å². The molecule has 0 radical (unpaired) electrons. The fraction of sp³-hybridized carbons (Fsp3) is 0.296. The summed E-state index contributed by atoms with van der Waals surface area (Å²) in [4.78, 5) is 1.65. The van der Waals surface area contributed by atoms with E-state index in [2.05, 4.69) is 5.16 Å². The maximum atomic E-state index is 14.6. The van der Waals surface area contributed by atoms with E-state index in [0.717, 1.165) is 20.9 Å². The van der Waals surface area contributed by atoms with Crippen LogP contribution in [0.2, 0.25) is 0 Å². The summed E-state index contributed by atoms with van der Waals surface area (Å²) in [5.41, 5.74) is 2.46. The Bertz CT molecular complexity index is 1150. The predicted molar refractivity (Wildman–Crippen MR) is 130 cm³/mol. The van der Waals surface area contributed by atoms with Crippen LogP contribution in [0.4, 0.5) is 4.39 Å². The molecule has 1 N–H and O–H groups in total. The number of hydrogen-bond acceptors (Lipinski definition) is 6. The summed E-state index contributed by atoms with van der Waals surface area (Å²) in [5, 5.41) is 12.6. The summed E-state index contributed by atoms with van der Waals surface area (Å²) in [5.74, 6) is 0.293. The van der Waals surface area contributed by atoms with Gasteiger partial charge in [0.2, 0.25) is 0 Å². The summed E-state index contributed by atoms with van der Waals surface area (Å²) in [6, 6.07) is 20.6. The molecule has 0 saturated carbocycles. The van der Waals surface area contributed by atoms with Gasteiger partial charge in [-0.1, -0.05) is 47.2 Å². The third kappa shape index (κ3) is 5.60. The highest BCUT2D eigenvalue weighted by molar-refractivity contribution is 7.99. The molecule has 0 unspecified atom stereocenters. The van der Waals surface area contributed by atoms with Gasteiger partial charge in [0.1, 0.15) is 18.2 Å². The number of ether oxygens (including phenoxy) is 3. The zero-order valence-electron chi connectivity index (χ0n) is 19.3. The molecule has 1 aliphatic rings. The molecule has 4 rings (SSSR count). The molecule has 0 spiro atoms. The fourth-order valence-electron chi connectivity index (χ4n) is 4.11. The van der Waals surface area contributed by atoms with Crippen LogP contribution in [0.3, 0.4) is 0 Å². The van der Waals surface area contributed by atoms with Crippen LogP contribution in [0.25, 0.3) is 0 Å². The quantitative estimate of drug-likeness (QED) is 0.229. The van der Waals surface area contributed by atoms with E-state index in [-0.39, 0.29) is 5.82 Å². The molecule has 7 heteroatoms. The molecule has 3 aromatic carbocycles. The van der Waals surface area contributed by atoms with Crippen LogP contribution in [0.15, 0.2) is 81.7 Å². The molecular formula is C27H28FNO4S. The van der Waals surface area contributed by atoms with Gasteiger partial charge in [-0.2, -0.15) is 0 Å². The first-order valence-electron chi connectivity index (χ1n) is 11.1. The third-order valence-corrected chi connectivity index (χ3v) is 7.02. The first-order chi connectivity index (χ1) is 16.5. The lowest BCUT2D eigenvalue weighted by Gasteiger charge is -2.36. The number of methoxy groups -OCH3 is 1. The van der Waals surface area contributed by atoms with E-state index in [4.69, 9.17) is 14.2 Å². The standard InChI is InChI=1S/C27H28FNO4S/c1-19(29-30)25-9-8-23(17-26(25)33-18-20-6-4-3-5-7-20)34-24-15-21(14-22(28)16-24)27(31-2)10-12-32-13-11-27/h3-9,14-17,30H,10-13,18H2,1-2H3. The van der Waals surface area contributed by atoms with Crippen molar-refractivity contribution in [3.05, 3.63) is 89.2 Å². The number of halogens is 1. The van der Waals surface area contributed by atoms with Crippen molar-refractivity contribution in [2.24, 2.45) is 5.16 Å². The second-order valence-corrected chi connectivity index (χ2v) is 9.35. The number of nitrogens with zero attached hydrogens (tertiary/aromatic N) is 1. The Labute approximate surface area is 203 Å². The topological polar surface area (TPSA) is 60.3 Å². The van der Waals surface area contributed by atoms with Gasteiger partial charge >= 0.3 is 0 Å². The molecule has 1 fully saturated rings. The Hall–Kier alpha value is -2.87. The Morgan fingerprint density at radius 3 is 2.53 bits per heavy atom. The SMILES string of the molecule is COC1(c2cc(F)cc(Sc3ccc(C(C)=NO)c(OCc4ccccc4)c3)c2)CCOCC1. The summed E-state index contributed by atoms with van der Waals surface area (Å²) in [6.45, 7) is 3.27. The molecule has 1 saturated heterocycles. The maximum absolute atomic E-state index is 14.6. The van der Waals surface area contributed by atoms with E-state index in [1.54, 1.807) is 20.1 Å². The van der Waals surface area contributed by atoms with E-state index in [1.807, 2.05) is 54.6 Å². The summed E-state index contributed by atoms with van der Waals surface area (Å²) < 4.78 is 32.1. The largest absolute Gasteiger partial charge is 0.488 e. The molecule has 3 aromatic rings. The lowest BCUT2D eigenvalue weighted by atomic mass is 9.86. The van der Waals surface area contributed by atoms with Gasteiger partial charge in [0, 0.05) is 48.5 Å². The molecule has 5 nitrogen and oxygen atoms in total. The van der Waals surface area contributed by atoms with Crippen molar-refractivity contribution < 1.29 is 23.8 Å². The Kier molecular flexibility index (Phi) is 7.88. The van der Waals surface area contributed by atoms with Crippen LogP contribution in [0.1, 0.15) is 36.5 Å². The van der Waals surface area contributed by atoms with Crippen molar-refractivity contribution >= 4 is 17.5 Å². The lowest BCUT2D eigenvalue weighted by molar-refractivity contribution is -0.0950. The predicted octanol–water partition coefficient (Wildman–Crippen LogP) is 6.41. The molecule has 0 amide bonds. The zero-order valence-corrected chi connectivity index (χ0v) is 20.1. The van der Waals surface area contributed by atoms with E-state index in [9.17, 15) is 9.60 Å². The molecule has 0 bridgehead atoms. The van der Waals surface area contributed by atoms with Gasteiger partial charge in [-0.05, 0) is 54.4 Å². The molecule has 0 aromatic heterocycles. The first kappa shape index (κ1) is 24.3. The van der Waals surface area contributed by atoms with Gasteiger partial charge in [-0.3, -0.25) is 0 Å². The average molecular weight is 482 g/mol. The van der Waals surface area contributed by atoms with Gasteiger partial charge in [-0.15, -0.1) is 0 Å². The van der Waals surface area contributed by atoms with Gasteiger partial charge < -0.3 is 19.4 Å². The summed E-state index contributed by atoms with van der Waals surface area (Å²) >= 11 is 1.44. The van der Waals surface area contributed by atoms with Crippen LogP contribution in [0.5, 0.6) is 5.75 Å². The minimum Gasteiger partial charge on any atom is -0.488 e. The van der Waals surface area contributed by atoms with Crippen molar-refractivity contribution in [1.82, 2.24) is 0 Å². The van der Waals surface area contributed by atoms with Crippen LogP contribution in [-0.4, -0.2) is 31.2 Å². The molecule has 1 aliphatic heterocycles. The average Bonchev–Trinajstić information content (AvgIpc) is 2.88. The maximum Gasteiger partial charge on any atom is 0.130 e. The van der Waals surface area contributed by atoms with Gasteiger partial charge in [0.05, 0.1) is 11.3 Å². The second-order valence-electron chi connectivity index (χ2n) is 8.21. The fourth-order valence-corrected chi connectivity index (χ4v) is 5.04. The van der Waals surface area contributed by atoms with Crippen LogP contribution >= 0.6 is 11.8 Å². The van der Waals surface area contributed by atoms with Crippen molar-refractivity contribution in [3.8, 4) is 5.75 Å². The Morgan fingerprint density at radius 1 is 1.06 bits per heavy atom. The van der Waals surface area contributed by atoms with Crippen molar-refractivity contribution in [2.45, 2.75) is 41.8 Å². The zero-order chi connectivity index (χ0) is 24.0. The molecule has 0 aliphatic carbocycles. The van der Waals surface area contributed by atoms with E-state index < -0.39 is 5.60 Å². The van der Waals surface area contributed by atoms with Gasteiger partial charge in [0.15, 0.2) is 0 Å². The van der Waals surface area contributed by atoms with E-state index >= 15 is 0 Å². The molecule has 0 atom stereocenters. The molecular weight excluding hydrogens is 453 g/mol. The molecule has 1 heterocycles. The molecule has 178 valence electrons. The van der Waals surface area contributed by atoms with E-state index in [0.29, 0.717) is 49.7 Å². The number of rotatable bonds is 8. The van der Waals surface area contributed by atoms with Crippen LogP contribution < -0.4 is 4.74 Å². The smallest absolute Gasteiger partial charge is 0.130 e. The number of benzene rings is 3. The van der Waals surface area contributed by atoms with Crippen LogP contribution in [0, 0.1) is 5.82 Å². The summed E-state index contributed by atoms with van der Waals surface area (Å²) in [6.07, 6.45) is 1.37. The Balaban J connectivity index is 1.61. The van der Waals surface area contributed by atoms with Crippen molar-refractivity contribution in [1.29, 1.82) is 0 Å². The summed E-state index contributed by atoms with van der Waals surface area (Å²) in [7, 11) is 1.67. The van der Waals surface area contributed by atoms with Crippen LogP contribution in [-0.2, 0) is 21.7 Å². The number of oxime groups is 1. The first-order valence-corrected chi connectivity index (χ1v) is 12.0. The third-order valence-electron chi connectivity index (χ3n) is 6.05. The highest BCUT2D eigenvalue weighted by Crippen LogP contribution is 2.39.